The fourth-order valence-electron chi connectivity index (χ4n) is 0.817. The van der Waals surface area contributed by atoms with E-state index in [0.29, 0.717) is 5.28 Å². The number of rotatable bonds is 0. The zero-order valence-corrected chi connectivity index (χ0v) is 5.76. The summed E-state index contributed by atoms with van der Waals surface area (Å²) in [4.78, 5) is 10.7. The number of fused-ring (bicyclic) bond motifs is 1. The maximum absolute atomic E-state index is 5.58. The molecule has 0 saturated heterocycles. The lowest BCUT2D eigenvalue weighted by Gasteiger charge is -1.95. The highest BCUT2D eigenvalue weighted by Crippen LogP contribution is 2.16. The topological polar surface area (TPSA) is 41.6 Å². The van der Waals surface area contributed by atoms with Gasteiger partial charge in [-0.3, -0.25) is 4.98 Å². The highest BCUT2D eigenvalue weighted by atomic mass is 35.5. The molecule has 3 nitrogen and oxygen atoms in total. The molecule has 2 heterocycles. The minimum Gasteiger partial charge on any atom is -0.329 e. The fraction of sp³-hybridized carbons (Fsp3) is 0. The van der Waals surface area contributed by atoms with Crippen molar-refractivity contribution in [1.29, 1.82) is 0 Å². The van der Waals surface area contributed by atoms with Crippen LogP contribution in [0.15, 0.2) is 18.5 Å². The SMILES string of the molecule is Clc1ncc2nccc-2[nH]1. The van der Waals surface area contributed by atoms with Gasteiger partial charge in [0, 0.05) is 6.20 Å². The molecule has 0 aromatic rings. The Hall–Kier alpha value is -1.09. The number of nitrogens with zero attached hydrogens (tertiary/aromatic N) is 2. The molecule has 1 N–H and O–H groups in total. The van der Waals surface area contributed by atoms with Crippen molar-refractivity contribution in [3.63, 3.8) is 0 Å². The molecule has 0 aliphatic carbocycles. The first-order valence-electron chi connectivity index (χ1n) is 2.81. The molecular weight excluding hydrogens is 150 g/mol. The molecule has 2 aliphatic heterocycles. The summed E-state index contributed by atoms with van der Waals surface area (Å²) in [5.41, 5.74) is 1.75. The largest absolute Gasteiger partial charge is 0.329 e. The van der Waals surface area contributed by atoms with Crippen LogP contribution in [0.3, 0.4) is 0 Å². The summed E-state index contributed by atoms with van der Waals surface area (Å²) in [6.07, 6.45) is 3.34. The summed E-state index contributed by atoms with van der Waals surface area (Å²) in [7, 11) is 0. The Morgan fingerprint density at radius 1 is 1.40 bits per heavy atom. The lowest BCUT2D eigenvalue weighted by atomic mass is 10.3. The maximum atomic E-state index is 5.58. The molecule has 0 unspecified atom stereocenters. The lowest BCUT2D eigenvalue weighted by molar-refractivity contribution is 1.15. The third-order valence-electron chi connectivity index (χ3n) is 1.27. The van der Waals surface area contributed by atoms with Gasteiger partial charge in [-0.05, 0) is 17.7 Å². The van der Waals surface area contributed by atoms with Crippen LogP contribution in [-0.4, -0.2) is 15.0 Å². The average molecular weight is 154 g/mol. The number of hydrogen-bond acceptors (Lipinski definition) is 2. The van der Waals surface area contributed by atoms with Crippen LogP contribution < -0.4 is 0 Å². The van der Waals surface area contributed by atoms with E-state index in [9.17, 15) is 0 Å². The molecule has 0 atom stereocenters. The molecule has 4 heteroatoms. The van der Waals surface area contributed by atoms with Crippen LogP contribution in [0.1, 0.15) is 0 Å². The number of aromatic nitrogens is 3. The number of H-pyrrole nitrogens is 1. The van der Waals surface area contributed by atoms with E-state index in [0.717, 1.165) is 11.4 Å². The van der Waals surface area contributed by atoms with Crippen molar-refractivity contribution in [3.8, 4) is 11.4 Å². The number of halogens is 1. The van der Waals surface area contributed by atoms with Gasteiger partial charge in [0.05, 0.1) is 11.9 Å². The van der Waals surface area contributed by atoms with E-state index in [1.54, 1.807) is 12.4 Å². The Labute approximate surface area is 62.4 Å². The van der Waals surface area contributed by atoms with Crippen LogP contribution in [0.25, 0.3) is 11.4 Å². The van der Waals surface area contributed by atoms with Crippen molar-refractivity contribution in [3.05, 3.63) is 23.7 Å². The second-order valence-corrected chi connectivity index (χ2v) is 2.28. The van der Waals surface area contributed by atoms with Gasteiger partial charge in [0.25, 0.3) is 0 Å². The molecule has 0 spiro atoms. The van der Waals surface area contributed by atoms with E-state index in [2.05, 4.69) is 15.0 Å². The fourth-order valence-corrected chi connectivity index (χ4v) is 0.967. The summed E-state index contributed by atoms with van der Waals surface area (Å²) >= 11 is 5.58. The highest BCUT2D eigenvalue weighted by Gasteiger charge is 2.02. The summed E-state index contributed by atoms with van der Waals surface area (Å²) < 4.78 is 0. The molecule has 50 valence electrons. The Morgan fingerprint density at radius 3 is 3.20 bits per heavy atom. The Bertz CT molecular complexity index is 317. The predicted molar refractivity (Wildman–Crippen MR) is 38.0 cm³/mol. The molecule has 0 amide bonds. The molecule has 2 aliphatic rings. The smallest absolute Gasteiger partial charge is 0.200 e. The predicted octanol–water partition coefficient (Wildman–Crippen LogP) is 1.56. The second-order valence-electron chi connectivity index (χ2n) is 1.92. The molecule has 10 heavy (non-hydrogen) atoms. The quantitative estimate of drug-likeness (QED) is 0.584. The minimum atomic E-state index is 0.389. The first-order valence-corrected chi connectivity index (χ1v) is 3.19. The Morgan fingerprint density at radius 2 is 2.30 bits per heavy atom. The molecule has 0 bridgehead atoms. The van der Waals surface area contributed by atoms with Crippen molar-refractivity contribution >= 4 is 11.6 Å². The average Bonchev–Trinajstić information content (AvgIpc) is 2.33. The standard InChI is InChI=1S/C6H4ClN3/c7-6-9-3-5-4(10-6)1-2-8-5/h1-3H,(H,9,10). The highest BCUT2D eigenvalue weighted by molar-refractivity contribution is 6.28. The van der Waals surface area contributed by atoms with Crippen LogP contribution in [0.4, 0.5) is 0 Å². The molecule has 0 aromatic carbocycles. The summed E-state index contributed by atoms with van der Waals surface area (Å²) in [6, 6.07) is 1.85. The zero-order chi connectivity index (χ0) is 6.97. The van der Waals surface area contributed by atoms with E-state index < -0.39 is 0 Å². The Balaban J connectivity index is 2.75. The number of hydrogen-bond donors (Lipinski definition) is 1. The van der Waals surface area contributed by atoms with Crippen LogP contribution >= 0.6 is 11.6 Å². The van der Waals surface area contributed by atoms with E-state index in [-0.39, 0.29) is 0 Å². The van der Waals surface area contributed by atoms with E-state index in [1.165, 1.54) is 0 Å². The van der Waals surface area contributed by atoms with Gasteiger partial charge in [-0.1, -0.05) is 0 Å². The van der Waals surface area contributed by atoms with Crippen LogP contribution in [0, 0.1) is 0 Å². The lowest BCUT2D eigenvalue weighted by Crippen LogP contribution is -1.85. The van der Waals surface area contributed by atoms with Gasteiger partial charge in [0.15, 0.2) is 5.28 Å². The molecule has 2 rings (SSSR count). The van der Waals surface area contributed by atoms with Crippen molar-refractivity contribution in [2.24, 2.45) is 0 Å². The second kappa shape index (κ2) is 1.95. The van der Waals surface area contributed by atoms with Gasteiger partial charge >= 0.3 is 0 Å². The van der Waals surface area contributed by atoms with Gasteiger partial charge < -0.3 is 4.98 Å². The minimum absolute atomic E-state index is 0.389. The van der Waals surface area contributed by atoms with Crippen molar-refractivity contribution in [1.82, 2.24) is 15.0 Å². The first-order chi connectivity index (χ1) is 4.86. The van der Waals surface area contributed by atoms with Crippen molar-refractivity contribution in [2.75, 3.05) is 0 Å². The van der Waals surface area contributed by atoms with Crippen LogP contribution in [0.5, 0.6) is 0 Å². The molecular formula is C6H4ClN3. The summed E-state index contributed by atoms with van der Waals surface area (Å²) in [6.45, 7) is 0. The van der Waals surface area contributed by atoms with Gasteiger partial charge in [0.2, 0.25) is 0 Å². The third kappa shape index (κ3) is 0.752. The summed E-state index contributed by atoms with van der Waals surface area (Å²) in [5, 5.41) is 0.389. The van der Waals surface area contributed by atoms with E-state index >= 15 is 0 Å². The van der Waals surface area contributed by atoms with Gasteiger partial charge in [-0.2, -0.15) is 0 Å². The molecule has 0 aromatic heterocycles. The summed E-state index contributed by atoms with van der Waals surface area (Å²) in [5.74, 6) is 0. The third-order valence-corrected chi connectivity index (χ3v) is 1.46. The maximum Gasteiger partial charge on any atom is 0.200 e. The van der Waals surface area contributed by atoms with Crippen molar-refractivity contribution < 1.29 is 0 Å². The van der Waals surface area contributed by atoms with Crippen molar-refractivity contribution in [2.45, 2.75) is 0 Å². The van der Waals surface area contributed by atoms with Crippen LogP contribution in [0.2, 0.25) is 5.28 Å². The Kier molecular flexibility index (Phi) is 1.11. The number of nitrogens with one attached hydrogen (secondary N) is 1. The van der Waals surface area contributed by atoms with Crippen LogP contribution in [-0.2, 0) is 0 Å². The monoisotopic (exact) mass is 153 g/mol. The first kappa shape index (κ1) is 5.68. The number of aromatic amines is 1. The molecule has 0 saturated carbocycles. The van der Waals surface area contributed by atoms with Gasteiger partial charge in [-0.15, -0.1) is 0 Å². The van der Waals surface area contributed by atoms with Gasteiger partial charge in [0.1, 0.15) is 5.69 Å². The zero-order valence-electron chi connectivity index (χ0n) is 5.00. The van der Waals surface area contributed by atoms with E-state index in [1.807, 2.05) is 6.07 Å². The molecule has 0 radical (unpaired) electrons. The normalized spacial score (nSPS) is 10.5. The molecule has 0 fully saturated rings. The van der Waals surface area contributed by atoms with Gasteiger partial charge in [-0.25, -0.2) is 4.98 Å². The van der Waals surface area contributed by atoms with E-state index in [4.69, 9.17) is 11.6 Å².